The number of rotatable bonds is 7. The predicted molar refractivity (Wildman–Crippen MR) is 128 cm³/mol. The van der Waals surface area contributed by atoms with Crippen molar-refractivity contribution in [3.05, 3.63) is 82.9 Å². The molecule has 0 spiro atoms. The van der Waals surface area contributed by atoms with Gasteiger partial charge in [0.2, 0.25) is 0 Å². The first-order valence-electron chi connectivity index (χ1n) is 11.7. The van der Waals surface area contributed by atoms with Gasteiger partial charge in [0.25, 0.3) is 0 Å². The van der Waals surface area contributed by atoms with Gasteiger partial charge in [-0.25, -0.2) is 4.98 Å². The number of para-hydroxylation sites is 1. The van der Waals surface area contributed by atoms with E-state index in [1.54, 1.807) is 0 Å². The van der Waals surface area contributed by atoms with Crippen LogP contribution in [0.3, 0.4) is 0 Å². The van der Waals surface area contributed by atoms with Crippen LogP contribution < -0.4 is 4.74 Å². The van der Waals surface area contributed by atoms with Crippen LogP contribution >= 0.6 is 11.6 Å². The number of aromatic nitrogens is 2. The number of hydrogen-bond donors (Lipinski definition) is 1. The summed E-state index contributed by atoms with van der Waals surface area (Å²) in [5.41, 5.74) is -0.0257. The first-order chi connectivity index (χ1) is 15.9. The van der Waals surface area contributed by atoms with Crippen molar-refractivity contribution in [3.8, 4) is 5.75 Å². The van der Waals surface area contributed by atoms with Gasteiger partial charge in [-0.1, -0.05) is 60.1 Å². The zero-order valence-electron chi connectivity index (χ0n) is 18.8. The molecular formula is C27H29ClN2O3. The maximum absolute atomic E-state index is 12.6. The van der Waals surface area contributed by atoms with Crippen LogP contribution in [0.5, 0.6) is 5.75 Å². The first kappa shape index (κ1) is 22.0. The molecule has 5 nitrogen and oxygen atoms in total. The summed E-state index contributed by atoms with van der Waals surface area (Å²) in [6.45, 7) is 2.76. The highest BCUT2D eigenvalue weighted by Gasteiger charge is 2.52. The third kappa shape index (κ3) is 4.04. The smallest absolute Gasteiger partial charge is 0.314 e. The Morgan fingerprint density at radius 3 is 2.24 bits per heavy atom. The minimum Gasteiger partial charge on any atom is -0.481 e. The molecule has 0 saturated heterocycles. The van der Waals surface area contributed by atoms with E-state index in [1.165, 1.54) is 12.8 Å². The van der Waals surface area contributed by atoms with Crippen LogP contribution in [-0.4, -0.2) is 20.6 Å². The third-order valence-corrected chi connectivity index (χ3v) is 7.79. The molecule has 2 saturated carbocycles. The van der Waals surface area contributed by atoms with Crippen LogP contribution in [0.25, 0.3) is 0 Å². The van der Waals surface area contributed by atoms with Crippen LogP contribution in [0.4, 0.5) is 0 Å². The molecule has 33 heavy (non-hydrogen) atoms. The van der Waals surface area contributed by atoms with E-state index in [2.05, 4.69) is 4.57 Å². The lowest BCUT2D eigenvalue weighted by Crippen LogP contribution is -2.48. The van der Waals surface area contributed by atoms with Gasteiger partial charge in [0, 0.05) is 6.54 Å². The summed E-state index contributed by atoms with van der Waals surface area (Å²) in [4.78, 5) is 17.5. The molecule has 0 atom stereocenters. The summed E-state index contributed by atoms with van der Waals surface area (Å²) >= 11 is 6.72. The summed E-state index contributed by atoms with van der Waals surface area (Å²) < 4.78 is 8.83. The average Bonchev–Trinajstić information content (AvgIpc) is 3.61. The predicted octanol–water partition coefficient (Wildman–Crippen LogP) is 6.13. The molecule has 3 aromatic rings. The van der Waals surface area contributed by atoms with Crippen LogP contribution in [0.2, 0.25) is 5.15 Å². The Hall–Kier alpha value is -2.79. The van der Waals surface area contributed by atoms with Gasteiger partial charge in [-0.05, 0) is 69.1 Å². The van der Waals surface area contributed by atoms with Gasteiger partial charge in [0.05, 0.1) is 11.1 Å². The minimum absolute atomic E-state index is 0.464. The lowest BCUT2D eigenvalue weighted by Gasteiger charge is -2.44. The van der Waals surface area contributed by atoms with E-state index in [4.69, 9.17) is 21.3 Å². The van der Waals surface area contributed by atoms with Crippen molar-refractivity contribution in [3.63, 3.8) is 0 Å². The second-order valence-electron chi connectivity index (χ2n) is 9.53. The standard InChI is InChI=1S/C27H29ClN2O3/c1-19-23(28)30(18-20-12-13-20)24(29-19)27(33-22-10-6-3-7-11-22)16-14-26(15-17-27,25(31)32)21-8-4-2-5-9-21/h2-11,20H,12-18H2,1H3,(H,31,32)/t26-,27+. The monoisotopic (exact) mass is 464 g/mol. The van der Waals surface area contributed by atoms with Crippen molar-refractivity contribution < 1.29 is 14.6 Å². The quantitative estimate of drug-likeness (QED) is 0.457. The highest BCUT2D eigenvalue weighted by molar-refractivity contribution is 6.30. The van der Waals surface area contributed by atoms with Gasteiger partial charge in [-0.3, -0.25) is 4.79 Å². The second-order valence-corrected chi connectivity index (χ2v) is 9.89. The molecule has 2 aliphatic rings. The number of halogens is 1. The SMILES string of the molecule is Cc1nc([C@]2(Oc3ccccc3)CC[C@](C(=O)O)(c3ccccc3)CC2)n(CC2CC2)c1Cl. The van der Waals surface area contributed by atoms with Crippen molar-refractivity contribution in [2.24, 2.45) is 5.92 Å². The highest BCUT2D eigenvalue weighted by Crippen LogP contribution is 2.50. The molecule has 6 heteroatoms. The van der Waals surface area contributed by atoms with Gasteiger partial charge in [-0.2, -0.15) is 0 Å². The molecule has 5 rings (SSSR count). The Labute approximate surface area is 199 Å². The van der Waals surface area contributed by atoms with Gasteiger partial charge in [0.15, 0.2) is 11.4 Å². The highest BCUT2D eigenvalue weighted by atomic mass is 35.5. The summed E-state index contributed by atoms with van der Waals surface area (Å²) in [5, 5.41) is 11.0. The lowest BCUT2D eigenvalue weighted by molar-refractivity contribution is -0.147. The molecular weight excluding hydrogens is 436 g/mol. The fourth-order valence-electron chi connectivity index (χ4n) is 5.18. The molecule has 0 radical (unpaired) electrons. The number of aliphatic carboxylic acids is 1. The van der Waals surface area contributed by atoms with Crippen LogP contribution in [0, 0.1) is 12.8 Å². The van der Waals surface area contributed by atoms with E-state index in [-0.39, 0.29) is 0 Å². The van der Waals surface area contributed by atoms with Crippen LogP contribution in [0.1, 0.15) is 55.6 Å². The fraction of sp³-hybridized carbons (Fsp3) is 0.407. The molecule has 0 unspecified atom stereocenters. The number of carbonyl (C=O) groups is 1. The molecule has 2 aromatic carbocycles. The number of carboxylic acids is 1. The summed E-state index contributed by atoms with van der Waals surface area (Å²) in [5.74, 6) is 1.43. The number of benzene rings is 2. The molecule has 0 aliphatic heterocycles. The maximum Gasteiger partial charge on any atom is 0.314 e. The Kier molecular flexibility index (Phi) is 5.69. The molecule has 0 amide bonds. The van der Waals surface area contributed by atoms with E-state index < -0.39 is 17.0 Å². The van der Waals surface area contributed by atoms with Crippen molar-refractivity contribution in [2.75, 3.05) is 0 Å². The number of aryl methyl sites for hydroxylation is 1. The number of ether oxygens (including phenoxy) is 1. The molecule has 1 N–H and O–H groups in total. The third-order valence-electron chi connectivity index (χ3n) is 7.31. The van der Waals surface area contributed by atoms with E-state index in [9.17, 15) is 9.90 Å². The van der Waals surface area contributed by atoms with Crippen LogP contribution in [-0.2, 0) is 22.4 Å². The van der Waals surface area contributed by atoms with E-state index >= 15 is 0 Å². The van der Waals surface area contributed by atoms with Crippen LogP contribution in [0.15, 0.2) is 60.7 Å². The fourth-order valence-corrected chi connectivity index (χ4v) is 5.37. The van der Waals surface area contributed by atoms with Crippen molar-refractivity contribution in [1.29, 1.82) is 0 Å². The zero-order valence-corrected chi connectivity index (χ0v) is 19.6. The number of nitrogens with zero attached hydrogens (tertiary/aromatic N) is 2. The first-order valence-corrected chi connectivity index (χ1v) is 12.1. The van der Waals surface area contributed by atoms with Gasteiger partial charge in [0.1, 0.15) is 10.9 Å². The zero-order chi connectivity index (χ0) is 23.1. The van der Waals surface area contributed by atoms with Crippen molar-refractivity contribution in [2.45, 2.75) is 63.0 Å². The maximum atomic E-state index is 12.6. The van der Waals surface area contributed by atoms with Gasteiger partial charge < -0.3 is 14.4 Å². The van der Waals surface area contributed by atoms with E-state index in [0.29, 0.717) is 36.8 Å². The molecule has 1 heterocycles. The largest absolute Gasteiger partial charge is 0.481 e. The Morgan fingerprint density at radius 2 is 1.67 bits per heavy atom. The summed E-state index contributed by atoms with van der Waals surface area (Å²) in [7, 11) is 0. The Balaban J connectivity index is 1.56. The van der Waals surface area contributed by atoms with Gasteiger partial charge in [-0.15, -0.1) is 0 Å². The van der Waals surface area contributed by atoms with E-state index in [0.717, 1.165) is 29.4 Å². The van der Waals surface area contributed by atoms with Crippen molar-refractivity contribution >= 4 is 17.6 Å². The number of hydrogen-bond acceptors (Lipinski definition) is 3. The minimum atomic E-state index is -0.933. The Morgan fingerprint density at radius 1 is 1.06 bits per heavy atom. The number of imidazole rings is 1. The summed E-state index contributed by atoms with van der Waals surface area (Å²) in [6.07, 6.45) is 4.42. The average molecular weight is 465 g/mol. The lowest BCUT2D eigenvalue weighted by atomic mass is 9.65. The second kappa shape index (κ2) is 8.53. The Bertz CT molecular complexity index is 1130. The topological polar surface area (TPSA) is 64.3 Å². The molecule has 172 valence electrons. The van der Waals surface area contributed by atoms with Gasteiger partial charge >= 0.3 is 5.97 Å². The van der Waals surface area contributed by atoms with E-state index in [1.807, 2.05) is 67.6 Å². The molecule has 2 aliphatic carbocycles. The molecule has 2 fully saturated rings. The molecule has 1 aromatic heterocycles. The normalized spacial score (nSPS) is 25.0. The molecule has 0 bridgehead atoms. The summed E-state index contributed by atoms with van der Waals surface area (Å²) in [6, 6.07) is 19.3. The van der Waals surface area contributed by atoms with Crippen molar-refractivity contribution in [1.82, 2.24) is 9.55 Å². The number of carboxylic acid groups (broad SMARTS) is 1.